The van der Waals surface area contributed by atoms with Gasteiger partial charge in [-0.2, -0.15) is 0 Å². The van der Waals surface area contributed by atoms with Crippen molar-refractivity contribution in [1.82, 2.24) is 0 Å². The molecule has 1 nitrogen and oxygen atoms in total. The van der Waals surface area contributed by atoms with Crippen LogP contribution in [0.3, 0.4) is 0 Å². The maximum absolute atomic E-state index is 6.03. The third-order valence-corrected chi connectivity index (χ3v) is 4.17. The maximum Gasteiger partial charge on any atom is 0.339 e. The van der Waals surface area contributed by atoms with Crippen LogP contribution in [0.1, 0.15) is 13.8 Å². The third-order valence-electron chi connectivity index (χ3n) is 1.19. The molecule has 0 rings (SSSR count). The molecule has 0 saturated carbocycles. The maximum atomic E-state index is 6.03. The van der Waals surface area contributed by atoms with Gasteiger partial charge in [0.25, 0.3) is 0 Å². The van der Waals surface area contributed by atoms with Gasteiger partial charge in [0.15, 0.2) is 0 Å². The van der Waals surface area contributed by atoms with E-state index in [0.29, 0.717) is 12.5 Å². The van der Waals surface area contributed by atoms with E-state index >= 15 is 0 Å². The van der Waals surface area contributed by atoms with E-state index in [1.807, 2.05) is 0 Å². The molecule has 0 saturated heterocycles. The third kappa shape index (κ3) is 4.40. The van der Waals surface area contributed by atoms with E-state index in [2.05, 4.69) is 27.0 Å². The molecular weight excluding hydrogens is 176 g/mol. The fourth-order valence-corrected chi connectivity index (χ4v) is 1.68. The van der Waals surface area contributed by atoms with Crippen molar-refractivity contribution in [3.8, 4) is 0 Å². The quantitative estimate of drug-likeness (QED) is 0.479. The molecule has 0 spiro atoms. The lowest BCUT2D eigenvalue weighted by Crippen LogP contribution is -2.28. The first-order chi connectivity index (χ1) is 5.04. The van der Waals surface area contributed by atoms with Crippen LogP contribution in [0.4, 0.5) is 0 Å². The van der Waals surface area contributed by atoms with Gasteiger partial charge in [0.1, 0.15) is 0 Å². The minimum Gasteiger partial charge on any atom is -0.397 e. The van der Waals surface area contributed by atoms with E-state index in [4.69, 9.17) is 15.5 Å². The van der Waals surface area contributed by atoms with E-state index in [1.54, 1.807) is 11.4 Å². The summed E-state index contributed by atoms with van der Waals surface area (Å²) in [6.45, 7) is 12.1. The van der Waals surface area contributed by atoms with Gasteiger partial charge in [-0.05, 0) is 5.92 Å². The normalized spacial score (nSPS) is 11.6. The summed E-state index contributed by atoms with van der Waals surface area (Å²) in [5.74, 6) is 0.500. The molecule has 0 aromatic rings. The SMILES string of the molecule is C=C[Si](Cl)(C=C)OCC(C)C. The Hall–Kier alpha value is -0.0531. The Balaban J connectivity index is 3.88. The zero-order chi connectivity index (χ0) is 8.91. The molecule has 3 heteroatoms. The molecule has 0 unspecified atom stereocenters. The van der Waals surface area contributed by atoms with E-state index in [0.717, 1.165) is 0 Å². The molecule has 0 amide bonds. The molecule has 0 heterocycles. The summed E-state index contributed by atoms with van der Waals surface area (Å²) < 4.78 is 5.46. The van der Waals surface area contributed by atoms with Crippen molar-refractivity contribution in [3.63, 3.8) is 0 Å². The molecule has 11 heavy (non-hydrogen) atoms. The summed E-state index contributed by atoms with van der Waals surface area (Å²) in [5, 5.41) is 0. The molecular formula is C8H15ClOSi. The molecule has 0 bridgehead atoms. The first kappa shape index (κ1) is 10.9. The van der Waals surface area contributed by atoms with Gasteiger partial charge in [0.2, 0.25) is 0 Å². The lowest BCUT2D eigenvalue weighted by molar-refractivity contribution is 0.276. The summed E-state index contributed by atoms with van der Waals surface area (Å²) in [6.07, 6.45) is 0. The zero-order valence-electron chi connectivity index (χ0n) is 7.14. The van der Waals surface area contributed by atoms with Crippen LogP contribution >= 0.6 is 11.1 Å². The zero-order valence-corrected chi connectivity index (χ0v) is 8.90. The standard InChI is InChI=1S/C8H15ClOSi/c1-5-11(9,6-2)10-7-8(3)4/h5-6,8H,1-2,7H2,3-4H3. The van der Waals surface area contributed by atoms with Crippen LogP contribution in [-0.4, -0.2) is 14.2 Å². The van der Waals surface area contributed by atoms with Gasteiger partial charge in [-0.25, -0.2) is 0 Å². The fraction of sp³-hybridized carbons (Fsp3) is 0.500. The molecule has 64 valence electrons. The van der Waals surface area contributed by atoms with Crippen LogP contribution in [0.25, 0.3) is 0 Å². The van der Waals surface area contributed by atoms with Crippen molar-refractivity contribution in [1.29, 1.82) is 0 Å². The van der Waals surface area contributed by atoms with Gasteiger partial charge in [0.05, 0.1) is 0 Å². The Morgan fingerprint density at radius 1 is 1.45 bits per heavy atom. The van der Waals surface area contributed by atoms with Crippen molar-refractivity contribution in [3.05, 3.63) is 24.6 Å². The van der Waals surface area contributed by atoms with Gasteiger partial charge in [-0.3, -0.25) is 0 Å². The largest absolute Gasteiger partial charge is 0.397 e. The lowest BCUT2D eigenvalue weighted by Gasteiger charge is -2.17. The molecule has 0 aliphatic rings. The molecule has 0 radical (unpaired) electrons. The van der Waals surface area contributed by atoms with Crippen LogP contribution in [0.15, 0.2) is 24.6 Å². The van der Waals surface area contributed by atoms with Crippen LogP contribution in [0, 0.1) is 5.92 Å². The van der Waals surface area contributed by atoms with E-state index < -0.39 is 7.63 Å². The van der Waals surface area contributed by atoms with E-state index in [1.165, 1.54) is 0 Å². The second kappa shape index (κ2) is 4.75. The molecule has 0 aromatic heterocycles. The minimum atomic E-state index is -2.26. The summed E-state index contributed by atoms with van der Waals surface area (Å²) in [4.78, 5) is 0. The fourth-order valence-electron chi connectivity index (χ4n) is 0.496. The van der Waals surface area contributed by atoms with Crippen molar-refractivity contribution >= 4 is 18.7 Å². The van der Waals surface area contributed by atoms with Gasteiger partial charge in [-0.15, -0.1) is 24.2 Å². The number of rotatable bonds is 5. The highest BCUT2D eigenvalue weighted by molar-refractivity contribution is 7.22. The Morgan fingerprint density at radius 2 is 1.91 bits per heavy atom. The first-order valence-corrected chi connectivity index (χ1v) is 6.71. The first-order valence-electron chi connectivity index (χ1n) is 3.64. The summed E-state index contributed by atoms with van der Waals surface area (Å²) in [5.41, 5.74) is 3.34. The lowest BCUT2D eigenvalue weighted by atomic mass is 10.2. The number of hydrogen-bond donors (Lipinski definition) is 0. The van der Waals surface area contributed by atoms with Crippen molar-refractivity contribution in [2.24, 2.45) is 5.92 Å². The van der Waals surface area contributed by atoms with E-state index in [9.17, 15) is 0 Å². The second-order valence-corrected chi connectivity index (χ2v) is 7.08. The predicted molar refractivity (Wildman–Crippen MR) is 52.8 cm³/mol. The van der Waals surface area contributed by atoms with Crippen LogP contribution in [0.5, 0.6) is 0 Å². The predicted octanol–water partition coefficient (Wildman–Crippen LogP) is 2.79. The molecule has 0 aliphatic heterocycles. The van der Waals surface area contributed by atoms with Crippen LogP contribution in [-0.2, 0) is 4.43 Å². The monoisotopic (exact) mass is 190 g/mol. The Bertz CT molecular complexity index is 137. The molecule has 0 atom stereocenters. The molecule has 0 aliphatic carbocycles. The average Bonchev–Trinajstić information content (AvgIpc) is 2.00. The molecule has 0 aromatic carbocycles. The Labute approximate surface area is 74.5 Å². The Kier molecular flexibility index (Phi) is 4.73. The minimum absolute atomic E-state index is 0.500. The second-order valence-electron chi connectivity index (χ2n) is 2.81. The molecule has 0 fully saturated rings. The highest BCUT2D eigenvalue weighted by atomic mass is 35.6. The number of hydrogen-bond acceptors (Lipinski definition) is 1. The van der Waals surface area contributed by atoms with Gasteiger partial charge in [-0.1, -0.05) is 25.2 Å². The van der Waals surface area contributed by atoms with Crippen molar-refractivity contribution < 1.29 is 4.43 Å². The molecule has 0 N–H and O–H groups in total. The Morgan fingerprint density at radius 3 is 2.18 bits per heavy atom. The van der Waals surface area contributed by atoms with Gasteiger partial charge >= 0.3 is 7.63 Å². The van der Waals surface area contributed by atoms with Gasteiger partial charge in [0, 0.05) is 6.61 Å². The van der Waals surface area contributed by atoms with Crippen molar-refractivity contribution in [2.75, 3.05) is 6.61 Å². The topological polar surface area (TPSA) is 9.23 Å². The van der Waals surface area contributed by atoms with Crippen LogP contribution in [0.2, 0.25) is 0 Å². The highest BCUT2D eigenvalue weighted by Crippen LogP contribution is 2.14. The van der Waals surface area contributed by atoms with Gasteiger partial charge < -0.3 is 4.43 Å². The van der Waals surface area contributed by atoms with Crippen LogP contribution < -0.4 is 0 Å². The summed E-state index contributed by atoms with van der Waals surface area (Å²) >= 11 is 6.03. The smallest absolute Gasteiger partial charge is 0.339 e. The highest BCUT2D eigenvalue weighted by Gasteiger charge is 2.24. The average molecular weight is 191 g/mol. The van der Waals surface area contributed by atoms with E-state index in [-0.39, 0.29) is 0 Å². The summed E-state index contributed by atoms with van der Waals surface area (Å²) in [7, 11) is -2.26. The number of halogens is 1. The summed E-state index contributed by atoms with van der Waals surface area (Å²) in [6, 6.07) is 0. The van der Waals surface area contributed by atoms with Crippen molar-refractivity contribution in [2.45, 2.75) is 13.8 Å².